The molecule has 15 heavy (non-hydrogen) atoms. The monoisotopic (exact) mass is 214 g/mol. The lowest BCUT2D eigenvalue weighted by molar-refractivity contribution is -0.110. The van der Waals surface area contributed by atoms with E-state index in [0.717, 1.165) is 38.1 Å². The summed E-state index contributed by atoms with van der Waals surface area (Å²) in [6, 6.07) is 0. The highest BCUT2D eigenvalue weighted by molar-refractivity contribution is 5.49. The van der Waals surface area contributed by atoms with Crippen LogP contribution < -0.4 is 0 Å². The van der Waals surface area contributed by atoms with Crippen molar-refractivity contribution < 1.29 is 9.53 Å². The summed E-state index contributed by atoms with van der Waals surface area (Å²) >= 11 is 0. The fourth-order valence-corrected chi connectivity index (χ4v) is 1.43. The quantitative estimate of drug-likeness (QED) is 0.548. The minimum absolute atomic E-state index is 0.103. The lowest BCUT2D eigenvalue weighted by Crippen LogP contribution is -2.28. The van der Waals surface area contributed by atoms with Crippen molar-refractivity contribution in [1.29, 1.82) is 0 Å². The van der Waals surface area contributed by atoms with Gasteiger partial charge in [0.15, 0.2) is 0 Å². The minimum atomic E-state index is -0.103. The molecule has 0 aliphatic rings. The van der Waals surface area contributed by atoms with Crippen molar-refractivity contribution in [2.75, 3.05) is 6.61 Å². The predicted octanol–water partition coefficient (Wildman–Crippen LogP) is 3.59. The van der Waals surface area contributed by atoms with Gasteiger partial charge in [-0.1, -0.05) is 27.2 Å². The average Bonchev–Trinajstić information content (AvgIpc) is 2.26. The van der Waals surface area contributed by atoms with Crippen LogP contribution in [0.25, 0.3) is 0 Å². The molecule has 2 nitrogen and oxygen atoms in total. The molecule has 0 saturated heterocycles. The van der Waals surface area contributed by atoms with Crippen LogP contribution in [0.3, 0.4) is 0 Å². The van der Waals surface area contributed by atoms with Gasteiger partial charge in [-0.3, -0.25) is 0 Å². The van der Waals surface area contributed by atoms with Crippen LogP contribution in [-0.2, 0) is 9.53 Å². The molecule has 2 heteroatoms. The molecule has 0 bridgehead atoms. The van der Waals surface area contributed by atoms with Crippen molar-refractivity contribution in [3.63, 3.8) is 0 Å². The van der Waals surface area contributed by atoms with Crippen LogP contribution in [0.2, 0.25) is 0 Å². The first-order chi connectivity index (χ1) is 7.08. The molecule has 0 rings (SSSR count). The molecule has 0 N–H and O–H groups in total. The van der Waals surface area contributed by atoms with Gasteiger partial charge in [0, 0.05) is 13.0 Å². The number of hydrogen-bond donors (Lipinski definition) is 0. The Hall–Kier alpha value is -0.370. The van der Waals surface area contributed by atoms with Crippen LogP contribution in [0, 0.1) is 5.92 Å². The number of carbonyl (C=O) groups excluding carboxylic acids is 1. The van der Waals surface area contributed by atoms with Crippen LogP contribution in [0.5, 0.6) is 0 Å². The van der Waals surface area contributed by atoms with Crippen LogP contribution >= 0.6 is 0 Å². The summed E-state index contributed by atoms with van der Waals surface area (Å²) < 4.78 is 5.89. The van der Waals surface area contributed by atoms with Gasteiger partial charge < -0.3 is 9.53 Å². The molecule has 2 atom stereocenters. The predicted molar refractivity (Wildman–Crippen MR) is 64.0 cm³/mol. The highest BCUT2D eigenvalue weighted by atomic mass is 16.5. The third-order valence-electron chi connectivity index (χ3n) is 3.30. The molecule has 0 heterocycles. The number of hydrogen-bond acceptors (Lipinski definition) is 2. The topological polar surface area (TPSA) is 26.3 Å². The van der Waals surface area contributed by atoms with Crippen molar-refractivity contribution in [3.05, 3.63) is 0 Å². The second kappa shape index (κ2) is 7.86. The van der Waals surface area contributed by atoms with E-state index in [-0.39, 0.29) is 5.60 Å². The fraction of sp³-hybridized carbons (Fsp3) is 0.923. The third-order valence-corrected chi connectivity index (χ3v) is 3.30. The molecule has 2 unspecified atom stereocenters. The van der Waals surface area contributed by atoms with Gasteiger partial charge in [-0.2, -0.15) is 0 Å². The SMILES string of the molecule is CCC(C)CCOC(C)(CC)CCC=O. The van der Waals surface area contributed by atoms with Gasteiger partial charge in [0.1, 0.15) is 6.29 Å². The molecule has 0 fully saturated rings. The maximum absolute atomic E-state index is 10.3. The number of carbonyl (C=O) groups is 1. The number of ether oxygens (including phenoxy) is 1. The van der Waals surface area contributed by atoms with E-state index < -0.39 is 0 Å². The van der Waals surface area contributed by atoms with Gasteiger partial charge >= 0.3 is 0 Å². The molecule has 0 aromatic rings. The van der Waals surface area contributed by atoms with E-state index in [1.54, 1.807) is 0 Å². The Labute approximate surface area is 94.4 Å². The molecule has 0 aromatic carbocycles. The Morgan fingerprint density at radius 1 is 1.40 bits per heavy atom. The highest BCUT2D eigenvalue weighted by Crippen LogP contribution is 2.22. The van der Waals surface area contributed by atoms with E-state index in [1.165, 1.54) is 6.42 Å². The summed E-state index contributed by atoms with van der Waals surface area (Å²) in [5.74, 6) is 0.733. The van der Waals surface area contributed by atoms with Gasteiger partial charge in [-0.25, -0.2) is 0 Å². The second-order valence-electron chi connectivity index (χ2n) is 4.66. The molecule has 0 spiro atoms. The van der Waals surface area contributed by atoms with Crippen LogP contribution in [-0.4, -0.2) is 18.5 Å². The van der Waals surface area contributed by atoms with Gasteiger partial charge in [0.2, 0.25) is 0 Å². The molecule has 0 radical (unpaired) electrons. The zero-order valence-corrected chi connectivity index (χ0v) is 10.7. The smallest absolute Gasteiger partial charge is 0.120 e. The molecular formula is C13H26O2. The van der Waals surface area contributed by atoms with Crippen molar-refractivity contribution >= 4 is 6.29 Å². The molecule has 0 amide bonds. The maximum atomic E-state index is 10.3. The first-order valence-electron chi connectivity index (χ1n) is 6.15. The van der Waals surface area contributed by atoms with Gasteiger partial charge in [-0.05, 0) is 32.1 Å². The molecule has 0 aliphatic heterocycles. The van der Waals surface area contributed by atoms with Crippen molar-refractivity contribution in [3.8, 4) is 0 Å². The first kappa shape index (κ1) is 14.6. The maximum Gasteiger partial charge on any atom is 0.120 e. The van der Waals surface area contributed by atoms with E-state index in [4.69, 9.17) is 4.74 Å². The van der Waals surface area contributed by atoms with Gasteiger partial charge in [0.05, 0.1) is 5.60 Å². The lowest BCUT2D eigenvalue weighted by atomic mass is 9.97. The lowest BCUT2D eigenvalue weighted by Gasteiger charge is -2.28. The summed E-state index contributed by atoms with van der Waals surface area (Å²) in [6.07, 6.45) is 5.72. The fourth-order valence-electron chi connectivity index (χ4n) is 1.43. The van der Waals surface area contributed by atoms with E-state index in [9.17, 15) is 4.79 Å². The van der Waals surface area contributed by atoms with E-state index in [2.05, 4.69) is 27.7 Å². The van der Waals surface area contributed by atoms with Crippen LogP contribution in [0.1, 0.15) is 59.8 Å². The summed E-state index contributed by atoms with van der Waals surface area (Å²) in [5.41, 5.74) is -0.103. The van der Waals surface area contributed by atoms with Crippen molar-refractivity contribution in [2.24, 2.45) is 5.92 Å². The van der Waals surface area contributed by atoms with Crippen LogP contribution in [0.15, 0.2) is 0 Å². The summed E-state index contributed by atoms with van der Waals surface area (Å²) in [4.78, 5) is 10.3. The minimum Gasteiger partial charge on any atom is -0.375 e. The summed E-state index contributed by atoms with van der Waals surface area (Å²) in [7, 11) is 0. The average molecular weight is 214 g/mol. The molecule has 90 valence electrons. The Morgan fingerprint density at radius 2 is 2.07 bits per heavy atom. The van der Waals surface area contributed by atoms with Gasteiger partial charge in [0.25, 0.3) is 0 Å². The van der Waals surface area contributed by atoms with E-state index in [0.29, 0.717) is 6.42 Å². The van der Waals surface area contributed by atoms with E-state index >= 15 is 0 Å². The standard InChI is InChI=1S/C13H26O2/c1-5-12(3)8-11-15-13(4,6-2)9-7-10-14/h10,12H,5-9,11H2,1-4H3. The molecule has 0 saturated carbocycles. The number of aldehydes is 1. The zero-order chi connectivity index (χ0) is 11.7. The molecule has 0 aromatic heterocycles. The summed E-state index contributed by atoms with van der Waals surface area (Å²) in [6.45, 7) is 9.49. The zero-order valence-electron chi connectivity index (χ0n) is 10.7. The number of rotatable bonds is 9. The summed E-state index contributed by atoms with van der Waals surface area (Å²) in [5, 5.41) is 0. The first-order valence-corrected chi connectivity index (χ1v) is 6.15. The second-order valence-corrected chi connectivity index (χ2v) is 4.66. The normalized spacial score (nSPS) is 17.1. The molecular weight excluding hydrogens is 188 g/mol. The van der Waals surface area contributed by atoms with E-state index in [1.807, 2.05) is 0 Å². The Balaban J connectivity index is 3.81. The Morgan fingerprint density at radius 3 is 2.53 bits per heavy atom. The largest absolute Gasteiger partial charge is 0.375 e. The van der Waals surface area contributed by atoms with Crippen molar-refractivity contribution in [1.82, 2.24) is 0 Å². The van der Waals surface area contributed by atoms with Gasteiger partial charge in [-0.15, -0.1) is 0 Å². The molecule has 0 aliphatic carbocycles. The van der Waals surface area contributed by atoms with Crippen molar-refractivity contribution in [2.45, 2.75) is 65.4 Å². The Kier molecular flexibility index (Phi) is 7.67. The third kappa shape index (κ3) is 6.67. The highest BCUT2D eigenvalue weighted by Gasteiger charge is 2.21. The van der Waals surface area contributed by atoms with Crippen LogP contribution in [0.4, 0.5) is 0 Å². The Bertz CT molecular complexity index is 168.